The van der Waals surface area contributed by atoms with Crippen LogP contribution in [0.15, 0.2) is 6.07 Å². The smallest absolute Gasteiger partial charge is 0.138 e. The van der Waals surface area contributed by atoms with E-state index in [1.54, 1.807) is 0 Å². The third-order valence-electron chi connectivity index (χ3n) is 3.18. The molecule has 0 aliphatic carbocycles. The summed E-state index contributed by atoms with van der Waals surface area (Å²) < 4.78 is 0. The van der Waals surface area contributed by atoms with Gasteiger partial charge in [0.2, 0.25) is 0 Å². The van der Waals surface area contributed by atoms with Crippen LogP contribution in [0.4, 0.5) is 11.6 Å². The highest BCUT2D eigenvalue weighted by Crippen LogP contribution is 2.23. The lowest BCUT2D eigenvalue weighted by Gasteiger charge is -2.23. The van der Waals surface area contributed by atoms with E-state index in [1.165, 1.54) is 0 Å². The second-order valence-electron chi connectivity index (χ2n) is 6.14. The summed E-state index contributed by atoms with van der Waals surface area (Å²) in [4.78, 5) is 11.4. The molecule has 0 bridgehead atoms. The molecule has 5 heteroatoms. The van der Waals surface area contributed by atoms with Crippen molar-refractivity contribution in [2.45, 2.75) is 45.4 Å². The maximum absolute atomic E-state index is 8.80. The normalized spacial score (nSPS) is 11.5. The van der Waals surface area contributed by atoms with Crippen LogP contribution in [0.5, 0.6) is 0 Å². The predicted octanol–water partition coefficient (Wildman–Crippen LogP) is 2.41. The molecule has 1 rings (SSSR count). The second kappa shape index (κ2) is 7.43. The summed E-state index contributed by atoms with van der Waals surface area (Å²) in [5, 5.41) is 11.9. The van der Waals surface area contributed by atoms with Crippen LogP contribution in [0.3, 0.4) is 0 Å². The third-order valence-corrected chi connectivity index (χ3v) is 3.18. The number of aromatic nitrogens is 2. The summed E-state index contributed by atoms with van der Waals surface area (Å²) in [6.45, 7) is 7.56. The Hall–Kier alpha value is -1.36. The summed E-state index contributed by atoms with van der Waals surface area (Å²) in [7, 11) is 3.92. The summed E-state index contributed by atoms with van der Waals surface area (Å²) in [5.41, 5.74) is -0.0701. The highest BCUT2D eigenvalue weighted by Gasteiger charge is 2.19. The molecule has 1 aromatic heterocycles. The van der Waals surface area contributed by atoms with Crippen LogP contribution in [0, 0.1) is 0 Å². The van der Waals surface area contributed by atoms with Crippen molar-refractivity contribution in [2.24, 2.45) is 0 Å². The summed E-state index contributed by atoms with van der Waals surface area (Å²) in [5.74, 6) is 2.64. The average Bonchev–Trinajstić information content (AvgIpc) is 2.41. The van der Waals surface area contributed by atoms with Gasteiger partial charge >= 0.3 is 0 Å². The van der Waals surface area contributed by atoms with E-state index in [1.807, 2.05) is 20.2 Å². The largest absolute Gasteiger partial charge is 0.396 e. The number of unbranched alkanes of at least 4 members (excludes halogenated alkanes) is 2. The Balaban J connectivity index is 2.82. The number of anilines is 2. The summed E-state index contributed by atoms with van der Waals surface area (Å²) in [6, 6.07) is 1.97. The molecule has 0 fully saturated rings. The van der Waals surface area contributed by atoms with E-state index in [2.05, 4.69) is 41.0 Å². The first kappa shape index (κ1) is 16.7. The Morgan fingerprint density at radius 1 is 1.20 bits per heavy atom. The average molecular weight is 280 g/mol. The number of aliphatic hydroxyl groups excluding tert-OH is 1. The monoisotopic (exact) mass is 280 g/mol. The van der Waals surface area contributed by atoms with Gasteiger partial charge in [-0.3, -0.25) is 0 Å². The maximum Gasteiger partial charge on any atom is 0.138 e. The molecule has 0 radical (unpaired) electrons. The fraction of sp³-hybridized carbons (Fsp3) is 0.733. The molecule has 0 aromatic carbocycles. The molecule has 0 aliphatic heterocycles. The molecular formula is C15H28N4O. The molecule has 0 aliphatic rings. The molecule has 0 unspecified atom stereocenters. The molecule has 114 valence electrons. The van der Waals surface area contributed by atoms with E-state index in [4.69, 9.17) is 5.11 Å². The number of aliphatic hydroxyl groups is 1. The Morgan fingerprint density at radius 2 is 1.90 bits per heavy atom. The van der Waals surface area contributed by atoms with Gasteiger partial charge in [0.25, 0.3) is 0 Å². The van der Waals surface area contributed by atoms with Crippen LogP contribution in [0.2, 0.25) is 0 Å². The molecule has 20 heavy (non-hydrogen) atoms. The molecule has 0 saturated heterocycles. The van der Waals surface area contributed by atoms with Gasteiger partial charge in [-0.25, -0.2) is 9.97 Å². The van der Waals surface area contributed by atoms with E-state index in [0.29, 0.717) is 0 Å². The Bertz CT molecular complexity index is 415. The molecule has 5 nitrogen and oxygen atoms in total. The van der Waals surface area contributed by atoms with Crippen molar-refractivity contribution >= 4 is 11.6 Å². The molecular weight excluding hydrogens is 252 g/mol. The first-order valence-corrected chi connectivity index (χ1v) is 7.28. The van der Waals surface area contributed by atoms with Crippen LogP contribution in [-0.2, 0) is 5.41 Å². The molecule has 0 saturated carbocycles. The molecule has 1 heterocycles. The van der Waals surface area contributed by atoms with Gasteiger partial charge in [0.05, 0.1) is 0 Å². The molecule has 1 aromatic rings. The number of hydrogen-bond acceptors (Lipinski definition) is 5. The SMILES string of the molecule is CNc1cc(N(C)CCCCCO)nc(C(C)(C)C)n1. The van der Waals surface area contributed by atoms with E-state index < -0.39 is 0 Å². The Kier molecular flexibility index (Phi) is 6.20. The Labute approximate surface area is 122 Å². The number of hydrogen-bond donors (Lipinski definition) is 2. The van der Waals surface area contributed by atoms with E-state index in [0.717, 1.165) is 43.3 Å². The van der Waals surface area contributed by atoms with Gasteiger partial charge in [-0.1, -0.05) is 20.8 Å². The minimum Gasteiger partial charge on any atom is -0.396 e. The van der Waals surface area contributed by atoms with Crippen molar-refractivity contribution in [3.8, 4) is 0 Å². The highest BCUT2D eigenvalue weighted by atomic mass is 16.2. The lowest BCUT2D eigenvalue weighted by molar-refractivity contribution is 0.283. The number of rotatable bonds is 7. The van der Waals surface area contributed by atoms with Crippen molar-refractivity contribution in [1.29, 1.82) is 0 Å². The van der Waals surface area contributed by atoms with E-state index >= 15 is 0 Å². The standard InChI is InChI=1S/C15H28N4O/c1-15(2,3)14-17-12(16-4)11-13(18-14)19(5)9-7-6-8-10-20/h11,20H,6-10H2,1-5H3,(H,16,17,18). The quantitative estimate of drug-likeness (QED) is 0.751. The van der Waals surface area contributed by atoms with Crippen LogP contribution in [0.25, 0.3) is 0 Å². The molecule has 0 spiro atoms. The van der Waals surface area contributed by atoms with E-state index in [-0.39, 0.29) is 12.0 Å². The van der Waals surface area contributed by atoms with Crippen LogP contribution >= 0.6 is 0 Å². The maximum atomic E-state index is 8.80. The fourth-order valence-corrected chi connectivity index (χ4v) is 1.85. The number of nitrogens with zero attached hydrogens (tertiary/aromatic N) is 3. The zero-order chi connectivity index (χ0) is 15.2. The highest BCUT2D eigenvalue weighted by molar-refractivity contribution is 5.49. The van der Waals surface area contributed by atoms with Crippen molar-refractivity contribution in [2.75, 3.05) is 37.5 Å². The van der Waals surface area contributed by atoms with Gasteiger partial charge in [0.1, 0.15) is 17.5 Å². The predicted molar refractivity (Wildman–Crippen MR) is 84.5 cm³/mol. The van der Waals surface area contributed by atoms with Crippen molar-refractivity contribution in [3.63, 3.8) is 0 Å². The molecule has 0 amide bonds. The number of nitrogens with one attached hydrogen (secondary N) is 1. The Morgan fingerprint density at radius 3 is 2.45 bits per heavy atom. The van der Waals surface area contributed by atoms with Gasteiger partial charge in [-0.15, -0.1) is 0 Å². The minimum atomic E-state index is -0.0701. The minimum absolute atomic E-state index is 0.0701. The molecule has 0 atom stereocenters. The zero-order valence-corrected chi connectivity index (χ0v) is 13.4. The lowest BCUT2D eigenvalue weighted by atomic mass is 9.96. The van der Waals surface area contributed by atoms with Gasteiger partial charge in [-0.2, -0.15) is 0 Å². The van der Waals surface area contributed by atoms with Crippen molar-refractivity contribution in [1.82, 2.24) is 9.97 Å². The fourth-order valence-electron chi connectivity index (χ4n) is 1.85. The van der Waals surface area contributed by atoms with Crippen LogP contribution in [-0.4, -0.2) is 42.3 Å². The molecule has 2 N–H and O–H groups in total. The zero-order valence-electron chi connectivity index (χ0n) is 13.4. The first-order chi connectivity index (χ1) is 9.38. The van der Waals surface area contributed by atoms with Gasteiger partial charge in [0, 0.05) is 38.7 Å². The first-order valence-electron chi connectivity index (χ1n) is 7.28. The van der Waals surface area contributed by atoms with Crippen LogP contribution in [0.1, 0.15) is 45.9 Å². The summed E-state index contributed by atoms with van der Waals surface area (Å²) >= 11 is 0. The van der Waals surface area contributed by atoms with Gasteiger partial charge < -0.3 is 15.3 Å². The van der Waals surface area contributed by atoms with Gasteiger partial charge in [0.15, 0.2) is 0 Å². The third kappa shape index (κ3) is 4.96. The van der Waals surface area contributed by atoms with Gasteiger partial charge in [-0.05, 0) is 19.3 Å². The van der Waals surface area contributed by atoms with Crippen molar-refractivity contribution < 1.29 is 5.11 Å². The lowest BCUT2D eigenvalue weighted by Crippen LogP contribution is -2.24. The van der Waals surface area contributed by atoms with Crippen LogP contribution < -0.4 is 10.2 Å². The van der Waals surface area contributed by atoms with Crippen molar-refractivity contribution in [3.05, 3.63) is 11.9 Å². The second-order valence-corrected chi connectivity index (χ2v) is 6.14. The summed E-state index contributed by atoms with van der Waals surface area (Å²) in [6.07, 6.45) is 2.96. The van der Waals surface area contributed by atoms with E-state index in [9.17, 15) is 0 Å². The topological polar surface area (TPSA) is 61.3 Å².